The van der Waals surface area contributed by atoms with Crippen LogP contribution in [-0.2, 0) is 9.59 Å². The quantitative estimate of drug-likeness (QED) is 0.818. The van der Waals surface area contributed by atoms with Gasteiger partial charge in [-0.25, -0.2) is 0 Å². The highest BCUT2D eigenvalue weighted by Gasteiger charge is 2.44. The zero-order chi connectivity index (χ0) is 12.6. The van der Waals surface area contributed by atoms with Crippen LogP contribution in [0.5, 0.6) is 0 Å². The third-order valence-electron chi connectivity index (χ3n) is 3.26. The van der Waals surface area contributed by atoms with Crippen molar-refractivity contribution in [3.05, 3.63) is 11.9 Å². The Morgan fingerprint density at radius 2 is 2.41 bits per heavy atom. The molecule has 1 aliphatic rings. The van der Waals surface area contributed by atoms with Crippen molar-refractivity contribution in [2.75, 3.05) is 4.90 Å². The Kier molecular flexibility index (Phi) is 2.87. The average molecular weight is 237 g/mol. The van der Waals surface area contributed by atoms with Crippen LogP contribution in [0.25, 0.3) is 0 Å². The van der Waals surface area contributed by atoms with Crippen molar-refractivity contribution in [2.45, 2.75) is 32.7 Å². The van der Waals surface area contributed by atoms with Gasteiger partial charge in [-0.15, -0.1) is 0 Å². The van der Waals surface area contributed by atoms with Crippen molar-refractivity contribution in [3.8, 4) is 0 Å². The van der Waals surface area contributed by atoms with Crippen molar-refractivity contribution in [2.24, 2.45) is 5.92 Å². The van der Waals surface area contributed by atoms with E-state index in [9.17, 15) is 9.59 Å². The summed E-state index contributed by atoms with van der Waals surface area (Å²) < 4.78 is 0. The summed E-state index contributed by atoms with van der Waals surface area (Å²) in [7, 11) is 0. The molecule has 1 aromatic heterocycles. The number of carboxylic acid groups (broad SMARTS) is 1. The Morgan fingerprint density at radius 1 is 1.71 bits per heavy atom. The Bertz CT molecular complexity index is 455. The van der Waals surface area contributed by atoms with Gasteiger partial charge < -0.3 is 10.0 Å². The van der Waals surface area contributed by atoms with Gasteiger partial charge in [0.15, 0.2) is 0 Å². The van der Waals surface area contributed by atoms with Gasteiger partial charge in [-0.3, -0.25) is 14.7 Å². The van der Waals surface area contributed by atoms with Crippen LogP contribution < -0.4 is 4.90 Å². The Balaban J connectivity index is 2.37. The number of anilines is 1. The van der Waals surface area contributed by atoms with Crippen LogP contribution in [0.1, 0.15) is 25.5 Å². The number of H-pyrrole nitrogens is 1. The summed E-state index contributed by atoms with van der Waals surface area (Å²) >= 11 is 0. The summed E-state index contributed by atoms with van der Waals surface area (Å²) in [5.41, 5.74) is 1.47. The topological polar surface area (TPSA) is 86.3 Å². The van der Waals surface area contributed by atoms with Crippen molar-refractivity contribution in [1.29, 1.82) is 0 Å². The fourth-order valence-electron chi connectivity index (χ4n) is 2.41. The van der Waals surface area contributed by atoms with Crippen molar-refractivity contribution in [1.82, 2.24) is 10.2 Å². The smallest absolute Gasteiger partial charge is 0.309 e. The first kappa shape index (κ1) is 11.6. The molecule has 17 heavy (non-hydrogen) atoms. The molecule has 92 valence electrons. The van der Waals surface area contributed by atoms with Gasteiger partial charge in [-0.2, -0.15) is 5.10 Å². The summed E-state index contributed by atoms with van der Waals surface area (Å²) in [6, 6.07) is -0.281. The number of aliphatic carboxylic acids is 1. The highest BCUT2D eigenvalue weighted by Crippen LogP contribution is 2.33. The molecule has 2 rings (SSSR count). The lowest BCUT2D eigenvalue weighted by Crippen LogP contribution is -2.37. The molecule has 2 heterocycles. The maximum atomic E-state index is 11.9. The van der Waals surface area contributed by atoms with Gasteiger partial charge in [0, 0.05) is 6.42 Å². The Hall–Kier alpha value is -1.85. The van der Waals surface area contributed by atoms with Crippen LogP contribution in [0.3, 0.4) is 0 Å². The summed E-state index contributed by atoms with van der Waals surface area (Å²) in [5, 5.41) is 15.8. The molecule has 0 saturated carbocycles. The molecule has 1 aliphatic heterocycles. The molecule has 1 amide bonds. The van der Waals surface area contributed by atoms with Crippen molar-refractivity contribution < 1.29 is 14.7 Å². The van der Waals surface area contributed by atoms with Crippen LogP contribution in [-0.4, -0.2) is 33.2 Å². The van der Waals surface area contributed by atoms with Gasteiger partial charge in [-0.1, -0.05) is 6.92 Å². The van der Waals surface area contributed by atoms with Crippen molar-refractivity contribution >= 4 is 17.6 Å². The summed E-state index contributed by atoms with van der Waals surface area (Å²) in [5.74, 6) is -1.68. The maximum Gasteiger partial charge on any atom is 0.309 e. The molecule has 6 heteroatoms. The minimum Gasteiger partial charge on any atom is -0.481 e. The van der Waals surface area contributed by atoms with E-state index in [-0.39, 0.29) is 18.4 Å². The van der Waals surface area contributed by atoms with Gasteiger partial charge in [0.1, 0.15) is 0 Å². The predicted octanol–water partition coefficient (Wildman–Crippen LogP) is 0.934. The minimum atomic E-state index is -0.908. The van der Waals surface area contributed by atoms with Gasteiger partial charge in [0.05, 0.1) is 29.5 Å². The number of aromatic nitrogens is 2. The Morgan fingerprint density at radius 3 is 2.88 bits per heavy atom. The molecule has 6 nitrogen and oxygen atoms in total. The number of carboxylic acids is 1. The molecule has 1 saturated heterocycles. The lowest BCUT2D eigenvalue weighted by Gasteiger charge is -2.25. The molecule has 2 N–H and O–H groups in total. The summed E-state index contributed by atoms with van der Waals surface area (Å²) in [4.78, 5) is 24.6. The van der Waals surface area contributed by atoms with E-state index < -0.39 is 11.9 Å². The lowest BCUT2D eigenvalue weighted by atomic mass is 9.98. The number of rotatable bonds is 3. The zero-order valence-corrected chi connectivity index (χ0v) is 9.80. The SMILES string of the molecule is CC[C@@H]1[C@@H](C(=O)O)CC(=O)N1c1cn[nH]c1C. The van der Waals surface area contributed by atoms with E-state index in [1.165, 1.54) is 0 Å². The van der Waals surface area contributed by atoms with E-state index in [0.29, 0.717) is 12.1 Å². The second-order valence-electron chi connectivity index (χ2n) is 4.27. The monoisotopic (exact) mass is 237 g/mol. The summed E-state index contributed by atoms with van der Waals surface area (Å²) in [6.07, 6.45) is 2.26. The number of carbonyl (C=O) groups excluding carboxylic acids is 1. The first-order chi connectivity index (χ1) is 8.06. The van der Waals surface area contributed by atoms with Crippen LogP contribution >= 0.6 is 0 Å². The van der Waals surface area contributed by atoms with Crippen LogP contribution in [0.4, 0.5) is 5.69 Å². The van der Waals surface area contributed by atoms with Gasteiger partial charge in [-0.05, 0) is 13.3 Å². The number of nitrogens with zero attached hydrogens (tertiary/aromatic N) is 2. The molecular formula is C11H15N3O3. The largest absolute Gasteiger partial charge is 0.481 e. The third kappa shape index (κ3) is 1.79. The van der Waals surface area contributed by atoms with Gasteiger partial charge in [0.25, 0.3) is 0 Å². The van der Waals surface area contributed by atoms with E-state index >= 15 is 0 Å². The summed E-state index contributed by atoms with van der Waals surface area (Å²) in [6.45, 7) is 3.71. The fraction of sp³-hybridized carbons (Fsp3) is 0.545. The number of carbonyl (C=O) groups is 2. The highest BCUT2D eigenvalue weighted by molar-refractivity contribution is 6.00. The molecule has 0 bridgehead atoms. The number of aromatic amines is 1. The Labute approximate surface area is 98.6 Å². The molecule has 0 aromatic carbocycles. The van der Waals surface area contributed by atoms with Crippen LogP contribution in [0, 0.1) is 12.8 Å². The molecular weight excluding hydrogens is 222 g/mol. The molecule has 0 aliphatic carbocycles. The number of aryl methyl sites for hydroxylation is 1. The van der Waals surface area contributed by atoms with Crippen LogP contribution in [0.15, 0.2) is 6.20 Å². The number of nitrogens with one attached hydrogen (secondary N) is 1. The van der Waals surface area contributed by atoms with E-state index in [1.54, 1.807) is 11.1 Å². The van der Waals surface area contributed by atoms with E-state index in [4.69, 9.17) is 5.11 Å². The molecule has 1 fully saturated rings. The fourth-order valence-corrected chi connectivity index (χ4v) is 2.41. The minimum absolute atomic E-state index is 0.0679. The lowest BCUT2D eigenvalue weighted by molar-refractivity contribution is -0.142. The van der Waals surface area contributed by atoms with Gasteiger partial charge >= 0.3 is 5.97 Å². The predicted molar refractivity (Wildman–Crippen MR) is 60.6 cm³/mol. The second kappa shape index (κ2) is 4.20. The molecule has 1 aromatic rings. The molecule has 0 unspecified atom stereocenters. The highest BCUT2D eigenvalue weighted by atomic mass is 16.4. The number of hydrogen-bond acceptors (Lipinski definition) is 3. The average Bonchev–Trinajstić information content (AvgIpc) is 2.81. The van der Waals surface area contributed by atoms with E-state index in [1.807, 2.05) is 13.8 Å². The molecule has 2 atom stereocenters. The van der Waals surface area contributed by atoms with Crippen LogP contribution in [0.2, 0.25) is 0 Å². The second-order valence-corrected chi connectivity index (χ2v) is 4.27. The van der Waals surface area contributed by atoms with Gasteiger partial charge in [0.2, 0.25) is 5.91 Å². The third-order valence-corrected chi connectivity index (χ3v) is 3.26. The maximum absolute atomic E-state index is 11.9. The number of hydrogen-bond donors (Lipinski definition) is 2. The first-order valence-electron chi connectivity index (χ1n) is 5.61. The standard InChI is InChI=1S/C11H15N3O3/c1-3-8-7(11(16)17)4-10(15)14(8)9-5-12-13-6(9)2/h5,7-8H,3-4H2,1-2H3,(H,12,13)(H,16,17)/t7-,8+/m0/s1. The van der Waals surface area contributed by atoms with Crippen molar-refractivity contribution in [3.63, 3.8) is 0 Å². The van der Waals surface area contributed by atoms with E-state index in [0.717, 1.165) is 5.69 Å². The molecule has 0 radical (unpaired) electrons. The number of amides is 1. The molecule has 0 spiro atoms. The zero-order valence-electron chi connectivity index (χ0n) is 9.80. The normalized spacial score (nSPS) is 24.4. The van der Waals surface area contributed by atoms with E-state index in [2.05, 4.69) is 10.2 Å². The first-order valence-corrected chi connectivity index (χ1v) is 5.61.